The molecule has 25 heavy (non-hydrogen) atoms. The lowest BCUT2D eigenvalue weighted by Crippen LogP contribution is -2.33. The monoisotopic (exact) mass is 346 g/mol. The summed E-state index contributed by atoms with van der Waals surface area (Å²) >= 11 is 4.43. The first-order valence-electron chi connectivity index (χ1n) is 8.88. The fourth-order valence-electron chi connectivity index (χ4n) is 4.10. The second kappa shape index (κ2) is 6.61. The van der Waals surface area contributed by atoms with E-state index in [-0.39, 0.29) is 5.41 Å². The van der Waals surface area contributed by atoms with Gasteiger partial charge in [-0.3, -0.25) is 0 Å². The molecule has 0 saturated carbocycles. The van der Waals surface area contributed by atoms with E-state index in [9.17, 15) is 0 Å². The summed E-state index contributed by atoms with van der Waals surface area (Å²) < 4.78 is 6.22. The van der Waals surface area contributed by atoms with E-state index in [2.05, 4.69) is 92.3 Å². The molecule has 0 unspecified atom stereocenters. The van der Waals surface area contributed by atoms with Gasteiger partial charge in [-0.25, -0.2) is 0 Å². The molecule has 0 fully saturated rings. The van der Waals surface area contributed by atoms with Crippen molar-refractivity contribution in [2.24, 2.45) is 0 Å². The molecule has 0 saturated heterocycles. The van der Waals surface area contributed by atoms with E-state index in [1.54, 1.807) is 0 Å². The minimum atomic E-state index is -0.0572. The van der Waals surface area contributed by atoms with Crippen LogP contribution in [-0.4, -0.2) is 0 Å². The Hall–Kier alpha value is -2.19. The highest BCUT2D eigenvalue weighted by Crippen LogP contribution is 2.51. The summed E-state index contributed by atoms with van der Waals surface area (Å²) in [6, 6.07) is 25.5. The van der Waals surface area contributed by atoms with E-state index in [4.69, 9.17) is 4.74 Å². The van der Waals surface area contributed by atoms with Gasteiger partial charge in [-0.2, -0.15) is 0 Å². The van der Waals surface area contributed by atoms with Crippen LogP contribution in [0.25, 0.3) is 0 Å². The van der Waals surface area contributed by atoms with Crippen molar-refractivity contribution in [3.8, 4) is 11.5 Å². The molecule has 126 valence electrons. The van der Waals surface area contributed by atoms with Crippen LogP contribution in [0.2, 0.25) is 0 Å². The van der Waals surface area contributed by atoms with Gasteiger partial charge in [0.2, 0.25) is 0 Å². The summed E-state index contributed by atoms with van der Waals surface area (Å²) in [5.74, 6) is 1.97. The third kappa shape index (κ3) is 2.85. The van der Waals surface area contributed by atoms with Gasteiger partial charge in [-0.05, 0) is 42.7 Å². The van der Waals surface area contributed by atoms with Gasteiger partial charge in [-0.15, -0.1) is 12.6 Å². The molecular weight excluding hydrogens is 324 g/mol. The zero-order valence-electron chi connectivity index (χ0n) is 14.4. The summed E-state index contributed by atoms with van der Waals surface area (Å²) in [6.45, 7) is 2.26. The molecule has 1 nitrogen and oxygen atoms in total. The third-order valence-corrected chi connectivity index (χ3v) is 5.44. The SMILES string of the molecule is CCCC1(Cc2ccc(S)cc2)c2ccccc2Oc2ccccc21. The number of para-hydroxylation sites is 2. The van der Waals surface area contributed by atoms with Crippen LogP contribution in [0.15, 0.2) is 77.7 Å². The maximum absolute atomic E-state index is 6.22. The lowest BCUT2D eigenvalue weighted by molar-refractivity contribution is 0.369. The third-order valence-electron chi connectivity index (χ3n) is 5.14. The first-order chi connectivity index (χ1) is 12.2. The average molecular weight is 346 g/mol. The van der Waals surface area contributed by atoms with Crippen molar-refractivity contribution in [1.29, 1.82) is 0 Å². The van der Waals surface area contributed by atoms with Gasteiger partial charge in [0.05, 0.1) is 0 Å². The van der Waals surface area contributed by atoms with Crippen molar-refractivity contribution in [3.05, 3.63) is 89.5 Å². The van der Waals surface area contributed by atoms with Gasteiger partial charge in [-0.1, -0.05) is 61.9 Å². The molecule has 0 radical (unpaired) electrons. The maximum Gasteiger partial charge on any atom is 0.131 e. The molecule has 3 aromatic carbocycles. The van der Waals surface area contributed by atoms with Crippen molar-refractivity contribution in [2.45, 2.75) is 36.5 Å². The summed E-state index contributed by atoms with van der Waals surface area (Å²) in [5.41, 5.74) is 3.87. The zero-order chi connectivity index (χ0) is 17.3. The number of benzene rings is 3. The predicted molar refractivity (Wildman–Crippen MR) is 106 cm³/mol. The van der Waals surface area contributed by atoms with Crippen LogP contribution >= 0.6 is 12.6 Å². The first-order valence-corrected chi connectivity index (χ1v) is 9.32. The largest absolute Gasteiger partial charge is 0.457 e. The molecule has 0 N–H and O–H groups in total. The van der Waals surface area contributed by atoms with Gasteiger partial charge < -0.3 is 4.74 Å². The smallest absolute Gasteiger partial charge is 0.131 e. The number of thiol groups is 1. The summed E-state index contributed by atoms with van der Waals surface area (Å²) in [7, 11) is 0. The number of fused-ring (bicyclic) bond motifs is 2. The average Bonchev–Trinajstić information content (AvgIpc) is 2.64. The van der Waals surface area contributed by atoms with Crippen molar-refractivity contribution < 1.29 is 4.74 Å². The summed E-state index contributed by atoms with van der Waals surface area (Å²) in [5, 5.41) is 0. The summed E-state index contributed by atoms with van der Waals surface area (Å²) in [6.07, 6.45) is 3.17. The fraction of sp³-hybridized carbons (Fsp3) is 0.217. The van der Waals surface area contributed by atoms with Crippen molar-refractivity contribution >= 4 is 12.6 Å². The molecule has 1 aliphatic heterocycles. The maximum atomic E-state index is 6.22. The van der Waals surface area contributed by atoms with Crippen LogP contribution in [0.3, 0.4) is 0 Å². The molecule has 3 aromatic rings. The fourth-order valence-corrected chi connectivity index (χ4v) is 4.25. The Morgan fingerprint density at radius 1 is 0.800 bits per heavy atom. The standard InChI is InChI=1S/C23H22OS/c1-2-15-23(16-17-11-13-18(25)14-12-17)19-7-3-5-9-21(19)24-22-10-6-4-8-20(22)23/h3-14,25H,2,15-16H2,1H3. The molecule has 4 rings (SSSR count). The Bertz CT molecular complexity index is 837. The van der Waals surface area contributed by atoms with Gasteiger partial charge in [0.15, 0.2) is 0 Å². The zero-order valence-corrected chi connectivity index (χ0v) is 15.3. The van der Waals surface area contributed by atoms with Crippen LogP contribution < -0.4 is 4.74 Å². The minimum absolute atomic E-state index is 0.0572. The van der Waals surface area contributed by atoms with Crippen LogP contribution in [0, 0.1) is 0 Å². The Balaban J connectivity index is 1.92. The second-order valence-electron chi connectivity index (χ2n) is 6.77. The number of rotatable bonds is 4. The molecular formula is C23H22OS. The van der Waals surface area contributed by atoms with Gasteiger partial charge in [0.25, 0.3) is 0 Å². The van der Waals surface area contributed by atoms with E-state index < -0.39 is 0 Å². The molecule has 0 atom stereocenters. The van der Waals surface area contributed by atoms with E-state index in [1.807, 2.05) is 0 Å². The highest BCUT2D eigenvalue weighted by atomic mass is 32.1. The Kier molecular flexibility index (Phi) is 4.30. The lowest BCUT2D eigenvalue weighted by atomic mass is 9.66. The minimum Gasteiger partial charge on any atom is -0.457 e. The number of ether oxygens (including phenoxy) is 1. The lowest BCUT2D eigenvalue weighted by Gasteiger charge is -2.40. The van der Waals surface area contributed by atoms with Crippen molar-refractivity contribution in [2.75, 3.05) is 0 Å². The highest BCUT2D eigenvalue weighted by Gasteiger charge is 2.41. The second-order valence-corrected chi connectivity index (χ2v) is 7.29. The predicted octanol–water partition coefficient (Wildman–Crippen LogP) is 6.41. The van der Waals surface area contributed by atoms with Crippen LogP contribution in [0.1, 0.15) is 36.5 Å². The van der Waals surface area contributed by atoms with Gasteiger partial charge in [0, 0.05) is 21.4 Å². The van der Waals surface area contributed by atoms with Crippen molar-refractivity contribution in [3.63, 3.8) is 0 Å². The van der Waals surface area contributed by atoms with Crippen LogP contribution in [0.4, 0.5) is 0 Å². The normalized spacial score (nSPS) is 14.3. The molecule has 0 aliphatic carbocycles. The molecule has 1 heterocycles. The molecule has 2 heteroatoms. The van der Waals surface area contributed by atoms with Gasteiger partial charge >= 0.3 is 0 Å². The molecule has 0 aromatic heterocycles. The Morgan fingerprint density at radius 2 is 1.36 bits per heavy atom. The van der Waals surface area contributed by atoms with E-state index in [1.165, 1.54) is 16.7 Å². The molecule has 1 aliphatic rings. The first kappa shape index (κ1) is 16.3. The van der Waals surface area contributed by atoms with E-state index in [0.29, 0.717) is 0 Å². The molecule has 0 amide bonds. The summed E-state index contributed by atoms with van der Waals surface area (Å²) in [4.78, 5) is 1.00. The molecule has 0 spiro atoms. The van der Waals surface area contributed by atoms with E-state index in [0.717, 1.165) is 35.7 Å². The van der Waals surface area contributed by atoms with Crippen LogP contribution in [0.5, 0.6) is 11.5 Å². The highest BCUT2D eigenvalue weighted by molar-refractivity contribution is 7.80. The topological polar surface area (TPSA) is 9.23 Å². The number of hydrogen-bond acceptors (Lipinski definition) is 2. The number of hydrogen-bond donors (Lipinski definition) is 1. The van der Waals surface area contributed by atoms with E-state index >= 15 is 0 Å². The molecule has 0 bridgehead atoms. The quantitative estimate of drug-likeness (QED) is 0.537. The Morgan fingerprint density at radius 3 is 1.92 bits per heavy atom. The van der Waals surface area contributed by atoms with Gasteiger partial charge in [0.1, 0.15) is 11.5 Å². The Labute approximate surface area is 155 Å². The van der Waals surface area contributed by atoms with Crippen molar-refractivity contribution in [1.82, 2.24) is 0 Å². The van der Waals surface area contributed by atoms with Crippen LogP contribution in [-0.2, 0) is 11.8 Å².